The molecule has 0 saturated heterocycles. The maximum Gasteiger partial charge on any atom is 0.416 e. The molecule has 0 spiro atoms. The van der Waals surface area contributed by atoms with Crippen LogP contribution in [0.2, 0.25) is 0 Å². The normalized spacial score (nSPS) is 14.4. The standard InChI is InChI=1S/C20H8F6N4/c1-27-30-17-14-5-3-2-4-13(14)16-18(17)28-9-15(29-16)10-6-11(19(21,22)23)8-12(7-10)20(24,25)26/h2-9H/b30-17-. The van der Waals surface area contributed by atoms with E-state index in [4.69, 9.17) is 6.57 Å². The highest BCUT2D eigenvalue weighted by Crippen LogP contribution is 2.40. The van der Waals surface area contributed by atoms with E-state index in [1.54, 1.807) is 24.3 Å². The minimum atomic E-state index is -4.97. The Morgan fingerprint density at radius 1 is 0.833 bits per heavy atom. The lowest BCUT2D eigenvalue weighted by Gasteiger charge is -2.14. The third-order valence-corrected chi connectivity index (χ3v) is 4.47. The summed E-state index contributed by atoms with van der Waals surface area (Å²) in [5, 5.41) is 3.71. The van der Waals surface area contributed by atoms with E-state index >= 15 is 0 Å². The van der Waals surface area contributed by atoms with Crippen LogP contribution in [0.5, 0.6) is 0 Å². The van der Waals surface area contributed by atoms with Gasteiger partial charge in [-0.2, -0.15) is 32.9 Å². The van der Waals surface area contributed by atoms with Crippen molar-refractivity contribution in [3.8, 4) is 22.5 Å². The zero-order valence-corrected chi connectivity index (χ0v) is 14.7. The van der Waals surface area contributed by atoms with Gasteiger partial charge in [-0.05, 0) is 18.2 Å². The van der Waals surface area contributed by atoms with Crippen LogP contribution < -0.4 is 0 Å². The fourth-order valence-corrected chi connectivity index (χ4v) is 3.17. The Hall–Kier alpha value is -3.74. The number of fused-ring (bicyclic) bond motifs is 3. The van der Waals surface area contributed by atoms with Crippen LogP contribution in [-0.2, 0) is 12.4 Å². The number of hydrogen-bond acceptors (Lipinski definition) is 3. The van der Waals surface area contributed by atoms with Gasteiger partial charge in [0.25, 0.3) is 0 Å². The Labute approximate surface area is 165 Å². The summed E-state index contributed by atoms with van der Waals surface area (Å²) in [5.74, 6) is 0. The van der Waals surface area contributed by atoms with Gasteiger partial charge < -0.3 is 0 Å². The molecule has 0 aliphatic heterocycles. The lowest BCUT2D eigenvalue weighted by atomic mass is 10.0. The summed E-state index contributed by atoms with van der Waals surface area (Å²) in [6.07, 6.45) is -8.87. The lowest BCUT2D eigenvalue weighted by Crippen LogP contribution is -2.11. The second kappa shape index (κ2) is 6.66. The van der Waals surface area contributed by atoms with Crippen molar-refractivity contribution in [1.29, 1.82) is 0 Å². The van der Waals surface area contributed by atoms with Crippen molar-refractivity contribution in [3.63, 3.8) is 0 Å². The van der Waals surface area contributed by atoms with E-state index in [0.29, 0.717) is 23.3 Å². The first-order chi connectivity index (χ1) is 14.1. The number of benzene rings is 2. The van der Waals surface area contributed by atoms with Gasteiger partial charge in [0.05, 0.1) is 33.8 Å². The highest BCUT2D eigenvalue weighted by atomic mass is 19.4. The van der Waals surface area contributed by atoms with Crippen LogP contribution in [-0.4, -0.2) is 15.7 Å². The van der Waals surface area contributed by atoms with E-state index < -0.39 is 23.5 Å². The molecule has 0 N–H and O–H groups in total. The monoisotopic (exact) mass is 418 g/mol. The second-order valence-electron chi connectivity index (χ2n) is 6.34. The van der Waals surface area contributed by atoms with Crippen molar-refractivity contribution >= 4 is 5.71 Å². The van der Waals surface area contributed by atoms with Crippen molar-refractivity contribution in [2.24, 2.45) is 5.10 Å². The van der Waals surface area contributed by atoms with Gasteiger partial charge in [-0.25, -0.2) is 9.97 Å². The molecule has 30 heavy (non-hydrogen) atoms. The summed E-state index contributed by atoms with van der Waals surface area (Å²) in [7, 11) is 0. The number of rotatable bonds is 1. The first-order valence-electron chi connectivity index (χ1n) is 8.31. The smallest absolute Gasteiger partial charge is 0.250 e. The average molecular weight is 418 g/mol. The molecule has 1 aliphatic carbocycles. The molecule has 1 aliphatic rings. The molecule has 0 fully saturated rings. The van der Waals surface area contributed by atoms with Crippen LogP contribution >= 0.6 is 0 Å². The summed E-state index contributed by atoms with van der Waals surface area (Å²) >= 11 is 0. The van der Waals surface area contributed by atoms with E-state index in [2.05, 4.69) is 20.0 Å². The molecule has 4 rings (SSSR count). The Kier molecular flexibility index (Phi) is 4.34. The Morgan fingerprint density at radius 3 is 2.00 bits per heavy atom. The fraction of sp³-hybridized carbons (Fsp3) is 0.100. The van der Waals surface area contributed by atoms with Gasteiger partial charge in [0.15, 0.2) is 5.71 Å². The molecule has 2 aromatic carbocycles. The van der Waals surface area contributed by atoms with Crippen molar-refractivity contribution in [2.75, 3.05) is 0 Å². The Balaban J connectivity index is 1.93. The largest absolute Gasteiger partial charge is 0.416 e. The molecule has 0 bridgehead atoms. The third-order valence-electron chi connectivity index (χ3n) is 4.47. The number of hydrogen-bond donors (Lipinski definition) is 0. The van der Waals surface area contributed by atoms with Crippen LogP contribution in [0.4, 0.5) is 26.3 Å². The Morgan fingerprint density at radius 2 is 1.43 bits per heavy atom. The predicted octanol–water partition coefficient (Wildman–Crippen LogP) is 5.83. The average Bonchev–Trinajstić information content (AvgIpc) is 3.00. The van der Waals surface area contributed by atoms with E-state index in [1.807, 2.05) is 0 Å². The van der Waals surface area contributed by atoms with Crippen molar-refractivity contribution in [1.82, 2.24) is 9.97 Å². The molecule has 150 valence electrons. The Bertz CT molecular complexity index is 1200. The third kappa shape index (κ3) is 3.28. The van der Waals surface area contributed by atoms with Crippen LogP contribution in [0, 0.1) is 6.57 Å². The number of halogens is 6. The molecule has 0 unspecified atom stereocenters. The van der Waals surface area contributed by atoms with Gasteiger partial charge in [-0.15, -0.1) is 4.95 Å². The van der Waals surface area contributed by atoms with Crippen molar-refractivity contribution in [2.45, 2.75) is 12.4 Å². The SMILES string of the molecule is [C-]#[N+]/N=C1/c2ccccc2-c2nc(-c3cc(C(F)(F)F)cc(C(F)(F)F)c3)cnc21. The van der Waals surface area contributed by atoms with Crippen molar-refractivity contribution < 1.29 is 26.3 Å². The van der Waals surface area contributed by atoms with Gasteiger partial charge >= 0.3 is 12.4 Å². The van der Waals surface area contributed by atoms with E-state index in [0.717, 1.165) is 6.20 Å². The van der Waals surface area contributed by atoms with E-state index in [1.165, 1.54) is 0 Å². The van der Waals surface area contributed by atoms with Crippen molar-refractivity contribution in [3.05, 3.63) is 82.6 Å². The zero-order valence-electron chi connectivity index (χ0n) is 14.7. The summed E-state index contributed by atoms with van der Waals surface area (Å²) in [4.78, 5) is 11.4. The first-order valence-corrected chi connectivity index (χ1v) is 8.31. The maximum atomic E-state index is 13.2. The van der Waals surface area contributed by atoms with Crippen LogP contribution in [0.1, 0.15) is 22.4 Å². The summed E-state index contributed by atoms with van der Waals surface area (Å²) in [5.41, 5.74) is -1.61. The molecule has 0 amide bonds. The van der Waals surface area contributed by atoms with Gasteiger partial charge in [0.2, 0.25) is 0 Å². The maximum absolute atomic E-state index is 13.2. The summed E-state index contributed by atoms with van der Waals surface area (Å²) < 4.78 is 78.9. The molecular weight excluding hydrogens is 410 g/mol. The molecule has 1 aromatic heterocycles. The fourth-order valence-electron chi connectivity index (χ4n) is 3.17. The summed E-state index contributed by atoms with van der Waals surface area (Å²) in [6.45, 7) is 6.97. The highest BCUT2D eigenvalue weighted by Gasteiger charge is 2.37. The zero-order chi connectivity index (χ0) is 21.7. The van der Waals surface area contributed by atoms with Gasteiger partial charge in [0.1, 0.15) is 5.69 Å². The number of alkyl halides is 6. The van der Waals surface area contributed by atoms with Gasteiger partial charge in [0, 0.05) is 16.7 Å². The van der Waals surface area contributed by atoms with Gasteiger partial charge in [-0.1, -0.05) is 24.3 Å². The molecule has 1 heterocycles. The first kappa shape index (κ1) is 19.6. The minimum absolute atomic E-state index is 0.0557. The summed E-state index contributed by atoms with van der Waals surface area (Å²) in [6, 6.07) is 7.97. The number of aromatic nitrogens is 2. The van der Waals surface area contributed by atoms with Crippen LogP contribution in [0.3, 0.4) is 0 Å². The van der Waals surface area contributed by atoms with Gasteiger partial charge in [-0.3, -0.25) is 0 Å². The van der Waals surface area contributed by atoms with Crippen LogP contribution in [0.25, 0.3) is 27.5 Å². The molecule has 0 radical (unpaired) electrons. The molecule has 10 heteroatoms. The molecule has 4 nitrogen and oxygen atoms in total. The number of nitrogens with zero attached hydrogens (tertiary/aromatic N) is 4. The minimum Gasteiger partial charge on any atom is -0.250 e. The molecular formula is C20H8F6N4. The van der Waals surface area contributed by atoms with Crippen LogP contribution in [0.15, 0.2) is 53.8 Å². The molecule has 3 aromatic rings. The highest BCUT2D eigenvalue weighted by molar-refractivity contribution is 6.22. The molecule has 0 saturated carbocycles. The quantitative estimate of drug-likeness (QED) is 0.222. The van der Waals surface area contributed by atoms with E-state index in [9.17, 15) is 26.3 Å². The predicted molar refractivity (Wildman–Crippen MR) is 95.1 cm³/mol. The molecule has 0 atom stereocenters. The second-order valence-corrected chi connectivity index (χ2v) is 6.34. The topological polar surface area (TPSA) is 42.5 Å². The van der Waals surface area contributed by atoms with E-state index in [-0.39, 0.29) is 34.4 Å². The lowest BCUT2D eigenvalue weighted by molar-refractivity contribution is -0.143.